The molecule has 2 rings (SSSR count). The number of anilines is 1. The topological polar surface area (TPSA) is 94.6 Å². The summed E-state index contributed by atoms with van der Waals surface area (Å²) in [6.45, 7) is 1.31. The first kappa shape index (κ1) is 17.1. The molecule has 0 aliphatic heterocycles. The van der Waals surface area contributed by atoms with Gasteiger partial charge in [0, 0.05) is 11.9 Å². The van der Waals surface area contributed by atoms with Crippen molar-refractivity contribution in [1.29, 1.82) is 0 Å². The average molecular weight is 328 g/mol. The van der Waals surface area contributed by atoms with Crippen molar-refractivity contribution in [2.24, 2.45) is 0 Å². The molecule has 0 saturated heterocycles. The third-order valence-electron chi connectivity index (χ3n) is 3.09. The average Bonchev–Trinajstić information content (AvgIpc) is 2.60. The number of rotatable bonds is 5. The number of esters is 2. The molecular weight excluding hydrogens is 312 g/mol. The van der Waals surface area contributed by atoms with E-state index in [1.54, 1.807) is 37.3 Å². The van der Waals surface area contributed by atoms with E-state index in [0.717, 1.165) is 5.69 Å². The fraction of sp³-hybridized carbons (Fsp3) is 0.176. The van der Waals surface area contributed by atoms with Crippen molar-refractivity contribution in [3.63, 3.8) is 0 Å². The number of hydrogen-bond acceptors (Lipinski definition) is 6. The summed E-state index contributed by atoms with van der Waals surface area (Å²) in [4.78, 5) is 39.3. The Morgan fingerprint density at radius 1 is 1.08 bits per heavy atom. The SMILES string of the molecule is COC(=O)c1ccccc1NC(=O)COC(=O)c1ccc(C)nc1. The Kier molecular flexibility index (Phi) is 5.62. The molecule has 0 unspecified atom stereocenters. The standard InChI is InChI=1S/C17H16N2O5/c1-11-7-8-12(9-18-11)16(21)24-10-15(20)19-14-6-4-3-5-13(14)17(22)23-2/h3-9H,10H2,1-2H3,(H,19,20). The van der Waals surface area contributed by atoms with Gasteiger partial charge in [0.05, 0.1) is 23.9 Å². The summed E-state index contributed by atoms with van der Waals surface area (Å²) < 4.78 is 9.56. The maximum Gasteiger partial charge on any atom is 0.340 e. The first-order valence-corrected chi connectivity index (χ1v) is 7.08. The van der Waals surface area contributed by atoms with Crippen molar-refractivity contribution >= 4 is 23.5 Å². The van der Waals surface area contributed by atoms with E-state index in [9.17, 15) is 14.4 Å². The molecule has 0 aliphatic carbocycles. The van der Waals surface area contributed by atoms with Crippen molar-refractivity contribution in [3.8, 4) is 0 Å². The number of methoxy groups -OCH3 is 1. The van der Waals surface area contributed by atoms with Crippen LogP contribution in [0.3, 0.4) is 0 Å². The summed E-state index contributed by atoms with van der Waals surface area (Å²) in [7, 11) is 1.25. The summed E-state index contributed by atoms with van der Waals surface area (Å²) in [5.41, 5.74) is 1.51. The van der Waals surface area contributed by atoms with E-state index < -0.39 is 24.5 Å². The van der Waals surface area contributed by atoms with E-state index in [0.29, 0.717) is 0 Å². The van der Waals surface area contributed by atoms with Gasteiger partial charge in [-0.25, -0.2) is 9.59 Å². The molecule has 2 aromatic rings. The zero-order valence-corrected chi connectivity index (χ0v) is 13.2. The van der Waals surface area contributed by atoms with Gasteiger partial charge in [-0.2, -0.15) is 0 Å². The fourth-order valence-corrected chi connectivity index (χ4v) is 1.87. The van der Waals surface area contributed by atoms with E-state index in [4.69, 9.17) is 4.74 Å². The number of benzene rings is 1. The molecule has 0 saturated carbocycles. The highest BCUT2D eigenvalue weighted by molar-refractivity contribution is 6.02. The van der Waals surface area contributed by atoms with Crippen molar-refractivity contribution in [3.05, 3.63) is 59.4 Å². The Balaban J connectivity index is 1.95. The van der Waals surface area contributed by atoms with Crippen LogP contribution in [0.15, 0.2) is 42.6 Å². The summed E-state index contributed by atoms with van der Waals surface area (Å²) >= 11 is 0. The highest BCUT2D eigenvalue weighted by atomic mass is 16.5. The molecule has 1 amide bonds. The van der Waals surface area contributed by atoms with Crippen LogP contribution in [0, 0.1) is 6.92 Å². The Bertz CT molecular complexity index is 756. The second-order valence-electron chi connectivity index (χ2n) is 4.85. The summed E-state index contributed by atoms with van der Waals surface area (Å²) in [6, 6.07) is 9.61. The summed E-state index contributed by atoms with van der Waals surface area (Å²) in [6.07, 6.45) is 1.38. The van der Waals surface area contributed by atoms with Gasteiger partial charge in [-0.05, 0) is 31.2 Å². The van der Waals surface area contributed by atoms with E-state index in [-0.39, 0.29) is 16.8 Å². The van der Waals surface area contributed by atoms with Gasteiger partial charge in [0.15, 0.2) is 6.61 Å². The molecule has 0 radical (unpaired) electrons. The lowest BCUT2D eigenvalue weighted by Crippen LogP contribution is -2.22. The molecule has 0 aliphatic rings. The molecule has 7 heteroatoms. The minimum absolute atomic E-state index is 0.211. The quantitative estimate of drug-likeness (QED) is 0.843. The van der Waals surface area contributed by atoms with Gasteiger partial charge in [-0.3, -0.25) is 9.78 Å². The van der Waals surface area contributed by atoms with Crippen LogP contribution >= 0.6 is 0 Å². The number of aromatic nitrogens is 1. The molecule has 0 fully saturated rings. The number of nitrogens with zero attached hydrogens (tertiary/aromatic N) is 1. The number of aryl methyl sites for hydroxylation is 1. The lowest BCUT2D eigenvalue weighted by Gasteiger charge is -2.10. The van der Waals surface area contributed by atoms with Gasteiger partial charge in [0.2, 0.25) is 0 Å². The predicted octanol–water partition coefficient (Wildman–Crippen LogP) is 1.97. The van der Waals surface area contributed by atoms with Gasteiger partial charge in [0.25, 0.3) is 5.91 Å². The highest BCUT2D eigenvalue weighted by Gasteiger charge is 2.15. The third-order valence-corrected chi connectivity index (χ3v) is 3.09. The zero-order chi connectivity index (χ0) is 17.5. The second-order valence-corrected chi connectivity index (χ2v) is 4.85. The Labute approximate surface area is 138 Å². The van der Waals surface area contributed by atoms with Crippen LogP contribution in [-0.4, -0.2) is 36.5 Å². The minimum Gasteiger partial charge on any atom is -0.465 e. The number of carbonyl (C=O) groups excluding carboxylic acids is 3. The van der Waals surface area contributed by atoms with Crippen molar-refractivity contribution in [2.75, 3.05) is 19.0 Å². The van der Waals surface area contributed by atoms with E-state index in [1.165, 1.54) is 19.4 Å². The second kappa shape index (κ2) is 7.87. The van der Waals surface area contributed by atoms with Crippen LogP contribution in [0.5, 0.6) is 0 Å². The zero-order valence-electron chi connectivity index (χ0n) is 13.2. The first-order valence-electron chi connectivity index (χ1n) is 7.08. The largest absolute Gasteiger partial charge is 0.465 e. The van der Waals surface area contributed by atoms with Gasteiger partial charge in [-0.1, -0.05) is 12.1 Å². The predicted molar refractivity (Wildman–Crippen MR) is 85.7 cm³/mol. The highest BCUT2D eigenvalue weighted by Crippen LogP contribution is 2.15. The summed E-state index contributed by atoms with van der Waals surface area (Å²) in [5, 5.41) is 2.51. The Hall–Kier alpha value is -3.22. The maximum absolute atomic E-state index is 11.9. The van der Waals surface area contributed by atoms with Crippen LogP contribution in [0.4, 0.5) is 5.69 Å². The van der Waals surface area contributed by atoms with Crippen molar-refractivity contribution in [1.82, 2.24) is 4.98 Å². The third kappa shape index (κ3) is 4.39. The molecular formula is C17H16N2O5. The van der Waals surface area contributed by atoms with Gasteiger partial charge in [0.1, 0.15) is 0 Å². The molecule has 0 spiro atoms. The number of pyridine rings is 1. The van der Waals surface area contributed by atoms with Gasteiger partial charge in [-0.15, -0.1) is 0 Å². The normalized spacial score (nSPS) is 9.92. The fourth-order valence-electron chi connectivity index (χ4n) is 1.87. The molecule has 1 aromatic heterocycles. The minimum atomic E-state index is -0.654. The van der Waals surface area contributed by atoms with Crippen LogP contribution in [0.1, 0.15) is 26.4 Å². The summed E-state index contributed by atoms with van der Waals surface area (Å²) in [5.74, 6) is -1.80. The molecule has 0 bridgehead atoms. The Morgan fingerprint density at radius 2 is 1.83 bits per heavy atom. The molecule has 1 aromatic carbocycles. The molecule has 7 nitrogen and oxygen atoms in total. The van der Waals surface area contributed by atoms with Crippen LogP contribution in [0.2, 0.25) is 0 Å². The number of nitrogens with one attached hydrogen (secondary N) is 1. The number of hydrogen-bond donors (Lipinski definition) is 1. The monoisotopic (exact) mass is 328 g/mol. The van der Waals surface area contributed by atoms with Crippen LogP contribution in [0.25, 0.3) is 0 Å². The van der Waals surface area contributed by atoms with Crippen LogP contribution < -0.4 is 5.32 Å². The van der Waals surface area contributed by atoms with Gasteiger partial charge < -0.3 is 14.8 Å². The smallest absolute Gasteiger partial charge is 0.340 e. The van der Waals surface area contributed by atoms with Crippen LogP contribution in [-0.2, 0) is 14.3 Å². The van der Waals surface area contributed by atoms with Crippen molar-refractivity contribution in [2.45, 2.75) is 6.92 Å². The van der Waals surface area contributed by atoms with E-state index in [2.05, 4.69) is 15.0 Å². The number of carbonyl (C=O) groups is 3. The number of ether oxygens (including phenoxy) is 2. The number of amides is 1. The Morgan fingerprint density at radius 3 is 2.50 bits per heavy atom. The molecule has 124 valence electrons. The first-order chi connectivity index (χ1) is 11.5. The lowest BCUT2D eigenvalue weighted by atomic mass is 10.2. The van der Waals surface area contributed by atoms with Gasteiger partial charge >= 0.3 is 11.9 Å². The van der Waals surface area contributed by atoms with E-state index >= 15 is 0 Å². The molecule has 24 heavy (non-hydrogen) atoms. The number of para-hydroxylation sites is 1. The van der Waals surface area contributed by atoms with Crippen molar-refractivity contribution < 1.29 is 23.9 Å². The molecule has 0 atom stereocenters. The van der Waals surface area contributed by atoms with E-state index in [1.807, 2.05) is 0 Å². The molecule has 1 heterocycles. The lowest BCUT2D eigenvalue weighted by molar-refractivity contribution is -0.119. The molecule has 1 N–H and O–H groups in total. The maximum atomic E-state index is 11.9.